The molecule has 0 aliphatic heterocycles. The first kappa shape index (κ1) is 14.5. The Morgan fingerprint density at radius 1 is 1.44 bits per heavy atom. The van der Waals surface area contributed by atoms with Crippen LogP contribution in [0.1, 0.15) is 39.5 Å². The molecule has 0 unspecified atom stereocenters. The molecule has 1 aliphatic rings. The molecule has 5 heteroatoms. The number of hydrogen-bond acceptors (Lipinski definition) is 2. The van der Waals surface area contributed by atoms with E-state index >= 15 is 0 Å². The lowest BCUT2D eigenvalue weighted by atomic mass is 9.93. The highest BCUT2D eigenvalue weighted by Gasteiger charge is 2.40. The number of hydrogen-bond donors (Lipinski definition) is 2. The van der Waals surface area contributed by atoms with Crippen molar-refractivity contribution in [1.29, 1.82) is 0 Å². The summed E-state index contributed by atoms with van der Waals surface area (Å²) < 4.78 is 0. The molecule has 0 atom stereocenters. The van der Waals surface area contributed by atoms with Crippen LogP contribution in [0.2, 0.25) is 0 Å². The largest absolute Gasteiger partial charge is 0.480 e. The summed E-state index contributed by atoms with van der Waals surface area (Å²) in [5.74, 6) is -0.977. The van der Waals surface area contributed by atoms with Crippen molar-refractivity contribution >= 4 is 12.0 Å². The van der Waals surface area contributed by atoms with Crippen molar-refractivity contribution in [3.8, 4) is 0 Å². The lowest BCUT2D eigenvalue weighted by molar-refractivity contribution is -0.144. The van der Waals surface area contributed by atoms with E-state index in [-0.39, 0.29) is 12.1 Å². The molecule has 0 bridgehead atoms. The van der Waals surface area contributed by atoms with Crippen molar-refractivity contribution in [2.45, 2.75) is 51.1 Å². The molecule has 0 saturated heterocycles. The molecule has 0 radical (unpaired) electrons. The number of carbonyl (C=O) groups is 2. The molecule has 5 nitrogen and oxygen atoms in total. The van der Waals surface area contributed by atoms with Gasteiger partial charge in [0.1, 0.15) is 5.54 Å². The molecule has 0 aromatic heterocycles. The molecule has 0 aromatic carbocycles. The Labute approximate surface area is 108 Å². The molecule has 18 heavy (non-hydrogen) atoms. The first-order valence-electron chi connectivity index (χ1n) is 6.43. The van der Waals surface area contributed by atoms with Gasteiger partial charge in [-0.05, 0) is 25.7 Å². The molecule has 102 valence electrons. The standard InChI is InChI=1S/C13H22N2O3/c1-4-9-15(10-7-8-10)12(18)14-13(5-2,6-3)11(16)17/h4,10H,1,5-9H2,2-3H3,(H,14,18)(H,16,17). The highest BCUT2D eigenvalue weighted by atomic mass is 16.4. The zero-order chi connectivity index (χ0) is 13.8. The summed E-state index contributed by atoms with van der Waals surface area (Å²) in [6.45, 7) is 7.63. The summed E-state index contributed by atoms with van der Waals surface area (Å²) in [5, 5.41) is 12.0. The van der Waals surface area contributed by atoms with E-state index < -0.39 is 11.5 Å². The van der Waals surface area contributed by atoms with Gasteiger partial charge in [0.25, 0.3) is 0 Å². The minimum atomic E-state index is -1.16. The van der Waals surface area contributed by atoms with Gasteiger partial charge in [-0.25, -0.2) is 9.59 Å². The fourth-order valence-electron chi connectivity index (χ4n) is 1.98. The fourth-order valence-corrected chi connectivity index (χ4v) is 1.98. The van der Waals surface area contributed by atoms with Crippen LogP contribution in [0.3, 0.4) is 0 Å². The number of carbonyl (C=O) groups excluding carboxylic acids is 1. The number of aliphatic carboxylic acids is 1. The number of carboxylic acid groups (broad SMARTS) is 1. The number of rotatable bonds is 7. The molecule has 1 fully saturated rings. The third kappa shape index (κ3) is 3.03. The van der Waals surface area contributed by atoms with Crippen LogP contribution in [0.25, 0.3) is 0 Å². The van der Waals surface area contributed by atoms with Gasteiger partial charge in [-0.1, -0.05) is 19.9 Å². The lowest BCUT2D eigenvalue weighted by Gasteiger charge is -2.31. The Balaban J connectivity index is 2.75. The van der Waals surface area contributed by atoms with Crippen LogP contribution in [0.15, 0.2) is 12.7 Å². The van der Waals surface area contributed by atoms with Gasteiger partial charge in [0, 0.05) is 12.6 Å². The van der Waals surface area contributed by atoms with E-state index in [9.17, 15) is 14.7 Å². The van der Waals surface area contributed by atoms with Gasteiger partial charge in [0.05, 0.1) is 0 Å². The molecule has 1 aliphatic carbocycles. The molecular formula is C13H22N2O3. The Hall–Kier alpha value is -1.52. The normalized spacial score (nSPS) is 15.0. The molecule has 1 saturated carbocycles. The zero-order valence-electron chi connectivity index (χ0n) is 11.1. The summed E-state index contributed by atoms with van der Waals surface area (Å²) >= 11 is 0. The molecule has 2 amide bonds. The van der Waals surface area contributed by atoms with Gasteiger partial charge in [-0.2, -0.15) is 0 Å². The average molecular weight is 254 g/mol. The van der Waals surface area contributed by atoms with Gasteiger partial charge >= 0.3 is 12.0 Å². The average Bonchev–Trinajstić information content (AvgIpc) is 3.16. The number of nitrogens with zero attached hydrogens (tertiary/aromatic N) is 1. The molecular weight excluding hydrogens is 232 g/mol. The first-order chi connectivity index (χ1) is 8.50. The Kier molecular flexibility index (Phi) is 4.76. The maximum absolute atomic E-state index is 12.2. The number of carboxylic acids is 1. The molecule has 0 aromatic rings. The SMILES string of the molecule is C=CCN(C(=O)NC(CC)(CC)C(=O)O)C1CC1. The number of urea groups is 1. The van der Waals surface area contributed by atoms with Crippen LogP contribution in [0, 0.1) is 0 Å². The van der Waals surface area contributed by atoms with E-state index in [1.165, 1.54) is 0 Å². The van der Waals surface area contributed by atoms with Crippen LogP contribution in [0.5, 0.6) is 0 Å². The van der Waals surface area contributed by atoms with E-state index in [4.69, 9.17) is 0 Å². The summed E-state index contributed by atoms with van der Waals surface area (Å²) in [4.78, 5) is 25.2. The van der Waals surface area contributed by atoms with Crippen LogP contribution < -0.4 is 5.32 Å². The van der Waals surface area contributed by atoms with E-state index in [2.05, 4.69) is 11.9 Å². The lowest BCUT2D eigenvalue weighted by Crippen LogP contribution is -2.57. The van der Waals surface area contributed by atoms with Crippen LogP contribution >= 0.6 is 0 Å². The molecule has 0 heterocycles. The molecule has 0 spiro atoms. The maximum atomic E-state index is 12.2. The van der Waals surface area contributed by atoms with Crippen LogP contribution in [0.4, 0.5) is 4.79 Å². The topological polar surface area (TPSA) is 69.6 Å². The van der Waals surface area contributed by atoms with Gasteiger partial charge in [-0.15, -0.1) is 6.58 Å². The highest BCUT2D eigenvalue weighted by molar-refractivity contribution is 5.86. The van der Waals surface area contributed by atoms with Gasteiger partial charge in [-0.3, -0.25) is 0 Å². The van der Waals surface area contributed by atoms with Gasteiger partial charge in [0.15, 0.2) is 0 Å². The van der Waals surface area contributed by atoms with Crippen molar-refractivity contribution in [2.24, 2.45) is 0 Å². The minimum Gasteiger partial charge on any atom is -0.480 e. The van der Waals surface area contributed by atoms with E-state index in [1.807, 2.05) is 0 Å². The minimum absolute atomic E-state index is 0.239. The van der Waals surface area contributed by atoms with E-state index in [0.717, 1.165) is 12.8 Å². The van der Waals surface area contributed by atoms with Gasteiger partial charge < -0.3 is 15.3 Å². The van der Waals surface area contributed by atoms with Crippen molar-refractivity contribution < 1.29 is 14.7 Å². The Morgan fingerprint density at radius 2 is 2.00 bits per heavy atom. The fraction of sp³-hybridized carbons (Fsp3) is 0.692. The highest BCUT2D eigenvalue weighted by Crippen LogP contribution is 2.27. The summed E-state index contributed by atoms with van der Waals surface area (Å²) in [6, 6.07) is -0.0632. The Morgan fingerprint density at radius 3 is 2.33 bits per heavy atom. The smallest absolute Gasteiger partial charge is 0.329 e. The third-order valence-corrected chi connectivity index (χ3v) is 3.54. The van der Waals surface area contributed by atoms with Crippen molar-refractivity contribution in [3.63, 3.8) is 0 Å². The second-order valence-electron chi connectivity index (χ2n) is 4.70. The predicted molar refractivity (Wildman–Crippen MR) is 69.4 cm³/mol. The summed E-state index contributed by atoms with van der Waals surface area (Å²) in [5.41, 5.74) is -1.16. The van der Waals surface area contributed by atoms with Crippen molar-refractivity contribution in [1.82, 2.24) is 10.2 Å². The monoisotopic (exact) mass is 254 g/mol. The predicted octanol–water partition coefficient (Wildman–Crippen LogP) is 1.99. The van der Waals surface area contributed by atoms with Crippen LogP contribution in [-0.4, -0.2) is 40.1 Å². The number of amides is 2. The molecule has 1 rings (SSSR count). The summed E-state index contributed by atoms with van der Waals surface area (Å²) in [6.07, 6.45) is 4.38. The third-order valence-electron chi connectivity index (χ3n) is 3.54. The van der Waals surface area contributed by atoms with E-state index in [0.29, 0.717) is 19.4 Å². The quantitative estimate of drug-likeness (QED) is 0.683. The van der Waals surface area contributed by atoms with Crippen LogP contribution in [-0.2, 0) is 4.79 Å². The molecule has 2 N–H and O–H groups in total. The van der Waals surface area contributed by atoms with Crippen molar-refractivity contribution in [2.75, 3.05) is 6.54 Å². The van der Waals surface area contributed by atoms with Gasteiger partial charge in [0.2, 0.25) is 0 Å². The second kappa shape index (κ2) is 5.89. The second-order valence-corrected chi connectivity index (χ2v) is 4.70. The number of nitrogens with one attached hydrogen (secondary N) is 1. The van der Waals surface area contributed by atoms with E-state index in [1.54, 1.807) is 24.8 Å². The van der Waals surface area contributed by atoms with Crippen molar-refractivity contribution in [3.05, 3.63) is 12.7 Å². The summed E-state index contributed by atoms with van der Waals surface area (Å²) in [7, 11) is 0. The zero-order valence-corrected chi connectivity index (χ0v) is 11.1. The Bertz CT molecular complexity index is 333. The maximum Gasteiger partial charge on any atom is 0.329 e. The first-order valence-corrected chi connectivity index (χ1v) is 6.43.